The van der Waals surface area contributed by atoms with Gasteiger partial charge < -0.3 is 5.32 Å². The molecule has 0 aliphatic carbocycles. The van der Waals surface area contributed by atoms with Gasteiger partial charge in [-0.3, -0.25) is 4.79 Å². The first kappa shape index (κ1) is 11.6. The van der Waals surface area contributed by atoms with Gasteiger partial charge in [-0.2, -0.15) is 0 Å². The van der Waals surface area contributed by atoms with E-state index in [0.29, 0.717) is 12.1 Å². The third-order valence-electron chi connectivity index (χ3n) is 3.23. The molecule has 0 aromatic heterocycles. The highest BCUT2D eigenvalue weighted by Crippen LogP contribution is 2.26. The van der Waals surface area contributed by atoms with Gasteiger partial charge in [0, 0.05) is 0 Å². The average Bonchev–Trinajstić information content (AvgIpc) is 2.50. The molecule has 0 radical (unpaired) electrons. The van der Waals surface area contributed by atoms with Crippen LogP contribution in [0.5, 0.6) is 0 Å². The number of benzene rings is 1. The van der Waals surface area contributed by atoms with Crippen LogP contribution in [0, 0.1) is 6.92 Å². The second-order valence-electron chi connectivity index (χ2n) is 4.60. The Hall–Kier alpha value is -1.84. The highest BCUT2D eigenvalue weighted by atomic mass is 16.2. The van der Waals surface area contributed by atoms with Gasteiger partial charge in [-0.15, -0.1) is 0 Å². The van der Waals surface area contributed by atoms with Crippen molar-refractivity contribution in [1.82, 2.24) is 5.32 Å². The first-order valence-corrected chi connectivity index (χ1v) is 5.71. The summed E-state index contributed by atoms with van der Waals surface area (Å²) in [6, 6.07) is 7.03. The van der Waals surface area contributed by atoms with Crippen molar-refractivity contribution in [2.24, 2.45) is 0 Å². The fourth-order valence-electron chi connectivity index (χ4n) is 1.93. The molecule has 1 aliphatic rings. The van der Waals surface area contributed by atoms with E-state index in [1.165, 1.54) is 4.90 Å². The molecule has 1 aromatic rings. The lowest BCUT2D eigenvalue weighted by atomic mass is 9.99. The molecule has 0 bridgehead atoms. The molecule has 4 nitrogen and oxygen atoms in total. The Kier molecular flexibility index (Phi) is 2.65. The van der Waals surface area contributed by atoms with Gasteiger partial charge in [-0.1, -0.05) is 19.1 Å². The standard InChI is InChI=1S/C13H16N2O2/c1-4-13(3)11(16)15(12(17)14-13)10-7-5-6-9(2)8-10/h5-8H,4H2,1-3H3,(H,14,17). The number of nitrogens with zero attached hydrogens (tertiary/aromatic N) is 1. The van der Waals surface area contributed by atoms with E-state index in [1.54, 1.807) is 13.0 Å². The number of rotatable bonds is 2. The van der Waals surface area contributed by atoms with Gasteiger partial charge in [0.25, 0.3) is 5.91 Å². The van der Waals surface area contributed by atoms with E-state index in [-0.39, 0.29) is 11.9 Å². The second-order valence-corrected chi connectivity index (χ2v) is 4.60. The topological polar surface area (TPSA) is 49.4 Å². The second kappa shape index (κ2) is 3.87. The van der Waals surface area contributed by atoms with Gasteiger partial charge >= 0.3 is 6.03 Å². The van der Waals surface area contributed by atoms with Crippen molar-refractivity contribution in [3.8, 4) is 0 Å². The Morgan fingerprint density at radius 1 is 1.35 bits per heavy atom. The van der Waals surface area contributed by atoms with E-state index in [2.05, 4.69) is 5.32 Å². The third kappa shape index (κ3) is 1.79. The molecule has 17 heavy (non-hydrogen) atoms. The van der Waals surface area contributed by atoms with Crippen LogP contribution in [0.15, 0.2) is 24.3 Å². The molecule has 1 aromatic carbocycles. The molecule has 1 saturated heterocycles. The molecule has 1 heterocycles. The Morgan fingerprint density at radius 3 is 2.59 bits per heavy atom. The number of urea groups is 1. The van der Waals surface area contributed by atoms with Crippen LogP contribution in [0.25, 0.3) is 0 Å². The summed E-state index contributed by atoms with van der Waals surface area (Å²) < 4.78 is 0. The highest BCUT2D eigenvalue weighted by molar-refractivity contribution is 6.23. The number of amides is 3. The molecule has 0 saturated carbocycles. The number of nitrogens with one attached hydrogen (secondary N) is 1. The van der Waals surface area contributed by atoms with Crippen molar-refractivity contribution in [1.29, 1.82) is 0 Å². The fraction of sp³-hybridized carbons (Fsp3) is 0.385. The minimum Gasteiger partial charge on any atom is -0.323 e. The lowest BCUT2D eigenvalue weighted by Gasteiger charge is -2.19. The maximum atomic E-state index is 12.2. The van der Waals surface area contributed by atoms with E-state index in [9.17, 15) is 9.59 Å². The maximum Gasteiger partial charge on any atom is 0.329 e. The third-order valence-corrected chi connectivity index (χ3v) is 3.23. The fourth-order valence-corrected chi connectivity index (χ4v) is 1.93. The first-order valence-electron chi connectivity index (χ1n) is 5.71. The molecular formula is C13H16N2O2. The van der Waals surface area contributed by atoms with Crippen LogP contribution in [0.1, 0.15) is 25.8 Å². The van der Waals surface area contributed by atoms with Crippen LogP contribution >= 0.6 is 0 Å². The summed E-state index contributed by atoms with van der Waals surface area (Å²) in [5.41, 5.74) is 0.874. The molecular weight excluding hydrogens is 216 g/mol. The van der Waals surface area contributed by atoms with Crippen molar-refractivity contribution in [3.05, 3.63) is 29.8 Å². The van der Waals surface area contributed by atoms with Crippen molar-refractivity contribution < 1.29 is 9.59 Å². The number of hydrogen-bond acceptors (Lipinski definition) is 2. The van der Waals surface area contributed by atoms with E-state index in [1.807, 2.05) is 32.0 Å². The minimum absolute atomic E-state index is 0.185. The van der Waals surface area contributed by atoms with Crippen molar-refractivity contribution >= 4 is 17.6 Å². The SMILES string of the molecule is CCC1(C)NC(=O)N(c2cccc(C)c2)C1=O. The molecule has 3 amide bonds. The van der Waals surface area contributed by atoms with E-state index >= 15 is 0 Å². The molecule has 1 aliphatic heterocycles. The van der Waals surface area contributed by atoms with Gasteiger partial charge in [-0.25, -0.2) is 9.69 Å². The Labute approximate surface area is 101 Å². The maximum absolute atomic E-state index is 12.2. The summed E-state index contributed by atoms with van der Waals surface area (Å²) in [5.74, 6) is -0.185. The zero-order valence-corrected chi connectivity index (χ0v) is 10.3. The van der Waals surface area contributed by atoms with Gasteiger partial charge in [0.05, 0.1) is 5.69 Å². The smallest absolute Gasteiger partial charge is 0.323 e. The van der Waals surface area contributed by atoms with Crippen LogP contribution in [-0.4, -0.2) is 17.5 Å². The largest absolute Gasteiger partial charge is 0.329 e. The number of imide groups is 1. The summed E-state index contributed by atoms with van der Waals surface area (Å²) in [7, 11) is 0. The van der Waals surface area contributed by atoms with Gasteiger partial charge in [0.15, 0.2) is 0 Å². The molecule has 90 valence electrons. The summed E-state index contributed by atoms with van der Waals surface area (Å²) in [6.45, 7) is 5.57. The molecule has 0 spiro atoms. The molecule has 4 heteroatoms. The van der Waals surface area contributed by atoms with E-state index < -0.39 is 5.54 Å². The molecule has 1 N–H and O–H groups in total. The van der Waals surface area contributed by atoms with Crippen molar-refractivity contribution in [2.75, 3.05) is 4.90 Å². The first-order chi connectivity index (χ1) is 7.98. The van der Waals surface area contributed by atoms with Crippen LogP contribution in [0.3, 0.4) is 0 Å². The van der Waals surface area contributed by atoms with Gasteiger partial charge in [0.2, 0.25) is 0 Å². The zero-order valence-electron chi connectivity index (χ0n) is 10.3. The summed E-state index contributed by atoms with van der Waals surface area (Å²) >= 11 is 0. The Morgan fingerprint density at radius 2 is 2.06 bits per heavy atom. The number of anilines is 1. The zero-order chi connectivity index (χ0) is 12.6. The minimum atomic E-state index is -0.777. The predicted octanol–water partition coefficient (Wildman–Crippen LogP) is 2.22. The van der Waals surface area contributed by atoms with Crippen LogP contribution in [-0.2, 0) is 4.79 Å². The number of hydrogen-bond donors (Lipinski definition) is 1. The molecule has 1 unspecified atom stereocenters. The van der Waals surface area contributed by atoms with Gasteiger partial charge in [0.1, 0.15) is 5.54 Å². The van der Waals surface area contributed by atoms with Crippen molar-refractivity contribution in [3.63, 3.8) is 0 Å². The molecule has 1 fully saturated rings. The molecule has 2 rings (SSSR count). The van der Waals surface area contributed by atoms with Crippen LogP contribution in [0.4, 0.5) is 10.5 Å². The van der Waals surface area contributed by atoms with E-state index in [0.717, 1.165) is 5.56 Å². The number of carbonyl (C=O) groups excluding carboxylic acids is 2. The highest BCUT2D eigenvalue weighted by Gasteiger charge is 2.47. The summed E-state index contributed by atoms with van der Waals surface area (Å²) in [4.78, 5) is 25.3. The molecule has 1 atom stereocenters. The summed E-state index contributed by atoms with van der Waals surface area (Å²) in [5, 5.41) is 2.74. The number of carbonyl (C=O) groups is 2. The summed E-state index contributed by atoms with van der Waals surface area (Å²) in [6.07, 6.45) is 0.583. The normalized spacial score (nSPS) is 24.1. The van der Waals surface area contributed by atoms with Crippen LogP contribution < -0.4 is 10.2 Å². The average molecular weight is 232 g/mol. The van der Waals surface area contributed by atoms with E-state index in [4.69, 9.17) is 0 Å². The van der Waals surface area contributed by atoms with Crippen LogP contribution in [0.2, 0.25) is 0 Å². The lowest BCUT2D eigenvalue weighted by Crippen LogP contribution is -2.43. The monoisotopic (exact) mass is 232 g/mol. The lowest BCUT2D eigenvalue weighted by molar-refractivity contribution is -0.121. The van der Waals surface area contributed by atoms with Crippen molar-refractivity contribution in [2.45, 2.75) is 32.7 Å². The Balaban J connectivity index is 2.41. The van der Waals surface area contributed by atoms with Gasteiger partial charge in [-0.05, 0) is 38.0 Å². The predicted molar refractivity (Wildman–Crippen MR) is 65.9 cm³/mol. The quantitative estimate of drug-likeness (QED) is 0.795. The number of aryl methyl sites for hydroxylation is 1. The Bertz CT molecular complexity index is 484.